The molecule has 0 bridgehead atoms. The first kappa shape index (κ1) is 22.0. The lowest BCUT2D eigenvalue weighted by molar-refractivity contribution is -0.129. The summed E-state index contributed by atoms with van der Waals surface area (Å²) < 4.78 is 30.4. The molecule has 3 rings (SSSR count). The van der Waals surface area contributed by atoms with Gasteiger partial charge in [-0.25, -0.2) is 8.42 Å². The van der Waals surface area contributed by atoms with Crippen LogP contribution < -0.4 is 5.73 Å². The van der Waals surface area contributed by atoms with Gasteiger partial charge in [-0.2, -0.15) is 5.26 Å². The van der Waals surface area contributed by atoms with Crippen LogP contribution in [0.1, 0.15) is 12.0 Å². The van der Waals surface area contributed by atoms with E-state index in [1.165, 1.54) is 6.26 Å². The van der Waals surface area contributed by atoms with Gasteiger partial charge in [0.25, 0.3) is 0 Å². The predicted molar refractivity (Wildman–Crippen MR) is 113 cm³/mol. The summed E-state index contributed by atoms with van der Waals surface area (Å²) in [6.07, 6.45) is 1.45. The van der Waals surface area contributed by atoms with E-state index >= 15 is 0 Å². The molecule has 0 aromatic heterocycles. The average Bonchev–Trinajstić information content (AvgIpc) is 2.98. The molecule has 8 heteroatoms. The lowest BCUT2D eigenvalue weighted by atomic mass is 10.00. The molecule has 0 aliphatic carbocycles. The molecule has 0 radical (unpaired) electrons. The van der Waals surface area contributed by atoms with Gasteiger partial charge >= 0.3 is 0 Å². The molecule has 30 heavy (non-hydrogen) atoms. The van der Waals surface area contributed by atoms with E-state index in [2.05, 4.69) is 6.07 Å². The van der Waals surface area contributed by atoms with E-state index in [1.54, 1.807) is 12.1 Å². The summed E-state index contributed by atoms with van der Waals surface area (Å²) in [5.74, 6) is -0.551. The topological polar surface area (TPSA) is 113 Å². The fourth-order valence-corrected chi connectivity index (χ4v) is 4.59. The molecule has 7 nitrogen and oxygen atoms in total. The van der Waals surface area contributed by atoms with Gasteiger partial charge in [-0.05, 0) is 23.6 Å². The smallest absolute Gasteiger partial charge is 0.247 e. The second kappa shape index (κ2) is 9.39. The lowest BCUT2D eigenvalue weighted by Gasteiger charge is -2.27. The van der Waals surface area contributed by atoms with Gasteiger partial charge in [0.1, 0.15) is 12.1 Å². The molecule has 158 valence electrons. The summed E-state index contributed by atoms with van der Waals surface area (Å²) in [6, 6.07) is 16.4. The number of ether oxygens (including phenoxy) is 1. The summed E-state index contributed by atoms with van der Waals surface area (Å²) >= 11 is 0. The second-order valence-corrected chi connectivity index (χ2v) is 9.41. The number of rotatable bonds is 6. The molecule has 2 aromatic carbocycles. The molecule has 1 heterocycles. The highest BCUT2D eigenvalue weighted by Gasteiger charge is 2.28. The molecular weight excluding hydrogens is 402 g/mol. The first-order chi connectivity index (χ1) is 14.3. The summed E-state index contributed by atoms with van der Waals surface area (Å²) in [5, 5.41) is 9.75. The van der Waals surface area contributed by atoms with Crippen LogP contribution in [0.25, 0.3) is 11.1 Å². The van der Waals surface area contributed by atoms with Gasteiger partial charge in [-0.15, -0.1) is 0 Å². The SMILES string of the molecule is CS(=O)(=O)c1cc(C[C@@H](C#N)N2CCCO[C@H](C(N)=O)C2)ccc1-c1ccccc1. The van der Waals surface area contributed by atoms with Crippen molar-refractivity contribution in [1.29, 1.82) is 5.26 Å². The van der Waals surface area contributed by atoms with Crippen LogP contribution >= 0.6 is 0 Å². The van der Waals surface area contributed by atoms with E-state index in [0.29, 0.717) is 31.6 Å². The number of sulfone groups is 1. The molecule has 1 aliphatic rings. The number of hydrogen-bond acceptors (Lipinski definition) is 6. The average molecular weight is 428 g/mol. The van der Waals surface area contributed by atoms with E-state index in [1.807, 2.05) is 41.3 Å². The minimum absolute atomic E-state index is 0.233. The number of nitriles is 1. The minimum atomic E-state index is -3.48. The third-order valence-corrected chi connectivity index (χ3v) is 6.31. The van der Waals surface area contributed by atoms with Crippen molar-refractivity contribution < 1.29 is 17.9 Å². The second-order valence-electron chi connectivity index (χ2n) is 7.43. The molecule has 2 atom stereocenters. The summed E-state index contributed by atoms with van der Waals surface area (Å²) in [7, 11) is -3.48. The molecule has 0 saturated carbocycles. The Balaban J connectivity index is 1.90. The van der Waals surface area contributed by atoms with Crippen molar-refractivity contribution in [2.45, 2.75) is 29.9 Å². The molecule has 0 spiro atoms. The number of nitrogens with two attached hydrogens (primary N) is 1. The van der Waals surface area contributed by atoms with Gasteiger partial charge in [0.2, 0.25) is 5.91 Å². The van der Waals surface area contributed by atoms with E-state index in [0.717, 1.165) is 11.1 Å². The molecule has 2 N–H and O–H groups in total. The highest BCUT2D eigenvalue weighted by Crippen LogP contribution is 2.29. The maximum absolute atomic E-state index is 12.5. The summed E-state index contributed by atoms with van der Waals surface area (Å²) in [4.78, 5) is 13.7. The molecule has 1 amide bonds. The Morgan fingerprint density at radius 3 is 2.67 bits per heavy atom. The zero-order valence-corrected chi connectivity index (χ0v) is 17.6. The molecule has 1 saturated heterocycles. The van der Waals surface area contributed by atoms with Crippen LogP contribution in [-0.4, -0.2) is 57.3 Å². The minimum Gasteiger partial charge on any atom is -0.367 e. The fraction of sp³-hybridized carbons (Fsp3) is 0.364. The van der Waals surface area contributed by atoms with Crippen LogP contribution in [0.4, 0.5) is 0 Å². The Bertz CT molecular complexity index is 1050. The van der Waals surface area contributed by atoms with Crippen LogP contribution in [0, 0.1) is 11.3 Å². The van der Waals surface area contributed by atoms with E-state index in [-0.39, 0.29) is 11.4 Å². The quantitative estimate of drug-likeness (QED) is 0.752. The molecule has 0 unspecified atom stereocenters. The standard InChI is InChI=1S/C22H25N3O4S/c1-30(27,28)21-13-16(8-9-19(21)17-6-3-2-4-7-17)12-18(14-23)25-10-5-11-29-20(15-25)22(24)26/h2-4,6-9,13,18,20H,5,10-12,15H2,1H3,(H2,24,26)/t18-,20-/m0/s1. The molecule has 1 fully saturated rings. The molecular formula is C22H25N3O4S. The number of benzene rings is 2. The number of carbonyl (C=O) groups is 1. The van der Waals surface area contributed by atoms with Crippen LogP contribution in [0.3, 0.4) is 0 Å². The molecule has 2 aromatic rings. The van der Waals surface area contributed by atoms with E-state index < -0.39 is 27.9 Å². The number of amides is 1. The Hall–Kier alpha value is -2.73. The van der Waals surface area contributed by atoms with Crippen LogP contribution in [0.15, 0.2) is 53.4 Å². The van der Waals surface area contributed by atoms with Gasteiger partial charge in [-0.3, -0.25) is 9.69 Å². The first-order valence-corrected chi connectivity index (χ1v) is 11.6. The highest BCUT2D eigenvalue weighted by atomic mass is 32.2. The van der Waals surface area contributed by atoms with Gasteiger partial charge in [0.15, 0.2) is 9.84 Å². The molecule has 1 aliphatic heterocycles. The zero-order chi connectivity index (χ0) is 21.7. The monoisotopic (exact) mass is 427 g/mol. The zero-order valence-electron chi connectivity index (χ0n) is 16.8. The number of carbonyl (C=O) groups excluding carboxylic acids is 1. The van der Waals surface area contributed by atoms with Crippen molar-refractivity contribution in [2.75, 3.05) is 26.0 Å². The van der Waals surface area contributed by atoms with Crippen LogP contribution in [-0.2, 0) is 25.8 Å². The van der Waals surface area contributed by atoms with Crippen molar-refractivity contribution in [3.05, 3.63) is 54.1 Å². The Morgan fingerprint density at radius 2 is 2.03 bits per heavy atom. The van der Waals surface area contributed by atoms with Gasteiger partial charge < -0.3 is 10.5 Å². The van der Waals surface area contributed by atoms with Gasteiger partial charge in [0.05, 0.1) is 11.0 Å². The third kappa shape index (κ3) is 5.25. The van der Waals surface area contributed by atoms with Crippen molar-refractivity contribution >= 4 is 15.7 Å². The fourth-order valence-electron chi connectivity index (χ4n) is 3.64. The maximum atomic E-state index is 12.5. The van der Waals surface area contributed by atoms with E-state index in [9.17, 15) is 18.5 Å². The normalized spacial score (nSPS) is 18.9. The third-order valence-electron chi connectivity index (χ3n) is 5.18. The first-order valence-electron chi connectivity index (χ1n) is 9.72. The van der Waals surface area contributed by atoms with Crippen LogP contribution in [0.5, 0.6) is 0 Å². The van der Waals surface area contributed by atoms with Crippen molar-refractivity contribution in [3.8, 4) is 17.2 Å². The highest BCUT2D eigenvalue weighted by molar-refractivity contribution is 7.90. The number of nitrogens with zero attached hydrogens (tertiary/aromatic N) is 2. The van der Waals surface area contributed by atoms with Crippen molar-refractivity contribution in [2.24, 2.45) is 5.73 Å². The van der Waals surface area contributed by atoms with Crippen molar-refractivity contribution in [1.82, 2.24) is 4.90 Å². The van der Waals surface area contributed by atoms with Crippen molar-refractivity contribution in [3.63, 3.8) is 0 Å². The van der Waals surface area contributed by atoms with Crippen LogP contribution in [0.2, 0.25) is 0 Å². The summed E-state index contributed by atoms with van der Waals surface area (Å²) in [6.45, 7) is 1.25. The lowest BCUT2D eigenvalue weighted by Crippen LogP contribution is -2.44. The Kier molecular flexibility index (Phi) is 6.87. The Morgan fingerprint density at radius 1 is 1.30 bits per heavy atom. The summed E-state index contributed by atoms with van der Waals surface area (Å²) in [5.41, 5.74) is 7.58. The predicted octanol–water partition coefficient (Wildman–Crippen LogP) is 1.77. The largest absolute Gasteiger partial charge is 0.367 e. The number of hydrogen-bond donors (Lipinski definition) is 1. The Labute approximate surface area is 177 Å². The van der Waals surface area contributed by atoms with Gasteiger partial charge in [0, 0.05) is 37.9 Å². The number of primary amides is 1. The maximum Gasteiger partial charge on any atom is 0.247 e. The van der Waals surface area contributed by atoms with Gasteiger partial charge in [-0.1, -0.05) is 42.5 Å². The van der Waals surface area contributed by atoms with E-state index in [4.69, 9.17) is 10.5 Å².